The zero-order valence-corrected chi connectivity index (χ0v) is 14.3. The van der Waals surface area contributed by atoms with Gasteiger partial charge in [-0.1, -0.05) is 30.3 Å². The van der Waals surface area contributed by atoms with E-state index in [-0.39, 0.29) is 5.56 Å². The number of benzene rings is 1. The molecule has 124 valence electrons. The van der Waals surface area contributed by atoms with Crippen LogP contribution in [0, 0.1) is 0 Å². The maximum atomic E-state index is 12.3. The van der Waals surface area contributed by atoms with E-state index in [1.165, 1.54) is 17.4 Å². The summed E-state index contributed by atoms with van der Waals surface area (Å²) in [6, 6.07) is 13.7. The number of aromatic nitrogens is 4. The topological polar surface area (TPSA) is 63.0 Å². The number of aromatic amines is 1. The van der Waals surface area contributed by atoms with Gasteiger partial charge in [0.05, 0.1) is 11.4 Å². The average Bonchev–Trinajstić information content (AvgIpc) is 3.21. The number of thiazole rings is 1. The lowest BCUT2D eigenvalue weighted by Crippen LogP contribution is -2.15. The molecule has 0 unspecified atom stereocenters. The normalized spacial score (nSPS) is 14.2. The summed E-state index contributed by atoms with van der Waals surface area (Å²) in [6.45, 7) is 0. The van der Waals surface area contributed by atoms with Gasteiger partial charge in [-0.15, -0.1) is 11.3 Å². The monoisotopic (exact) mass is 348 g/mol. The van der Waals surface area contributed by atoms with Gasteiger partial charge in [-0.2, -0.15) is 0 Å². The molecule has 1 aliphatic rings. The van der Waals surface area contributed by atoms with Crippen LogP contribution in [0.1, 0.15) is 35.8 Å². The Kier molecular flexibility index (Phi) is 3.31. The zero-order chi connectivity index (χ0) is 16.8. The van der Waals surface area contributed by atoms with Crippen molar-refractivity contribution < 1.29 is 0 Å². The van der Waals surface area contributed by atoms with Gasteiger partial charge in [-0.25, -0.2) is 14.5 Å². The Morgan fingerprint density at radius 1 is 1.12 bits per heavy atom. The molecule has 0 aliphatic heterocycles. The van der Waals surface area contributed by atoms with Gasteiger partial charge in [0.2, 0.25) is 0 Å². The predicted molar refractivity (Wildman–Crippen MR) is 98.1 cm³/mol. The molecule has 5 rings (SSSR count). The quantitative estimate of drug-likeness (QED) is 0.613. The van der Waals surface area contributed by atoms with Crippen molar-refractivity contribution in [3.63, 3.8) is 0 Å². The number of hydrogen-bond donors (Lipinski definition) is 1. The second-order valence-electron chi connectivity index (χ2n) is 6.45. The Balaban J connectivity index is 1.46. The summed E-state index contributed by atoms with van der Waals surface area (Å²) >= 11 is 1.62. The van der Waals surface area contributed by atoms with Crippen molar-refractivity contribution in [1.29, 1.82) is 0 Å². The fourth-order valence-corrected chi connectivity index (χ4v) is 3.87. The molecule has 1 saturated carbocycles. The van der Waals surface area contributed by atoms with Gasteiger partial charge in [-0.05, 0) is 12.8 Å². The van der Waals surface area contributed by atoms with Crippen LogP contribution in [-0.4, -0.2) is 19.6 Å². The highest BCUT2D eigenvalue weighted by molar-refractivity contribution is 7.13. The van der Waals surface area contributed by atoms with Gasteiger partial charge in [0, 0.05) is 41.1 Å². The van der Waals surface area contributed by atoms with Crippen LogP contribution in [0.4, 0.5) is 0 Å². The van der Waals surface area contributed by atoms with Crippen LogP contribution in [-0.2, 0) is 6.42 Å². The zero-order valence-electron chi connectivity index (χ0n) is 13.5. The summed E-state index contributed by atoms with van der Waals surface area (Å²) in [4.78, 5) is 21.7. The van der Waals surface area contributed by atoms with Crippen molar-refractivity contribution in [2.75, 3.05) is 0 Å². The van der Waals surface area contributed by atoms with E-state index >= 15 is 0 Å². The van der Waals surface area contributed by atoms with E-state index in [0.717, 1.165) is 27.7 Å². The molecule has 4 aromatic rings. The molecule has 0 saturated heterocycles. The lowest BCUT2D eigenvalue weighted by Gasteiger charge is -1.99. The van der Waals surface area contributed by atoms with Crippen molar-refractivity contribution in [3.8, 4) is 10.6 Å². The van der Waals surface area contributed by atoms with E-state index in [0.29, 0.717) is 18.0 Å². The van der Waals surface area contributed by atoms with Crippen molar-refractivity contribution in [2.24, 2.45) is 0 Å². The summed E-state index contributed by atoms with van der Waals surface area (Å²) in [6.07, 6.45) is 2.95. The molecular formula is C19H16N4OS. The molecule has 3 aromatic heterocycles. The third-order valence-corrected chi connectivity index (χ3v) is 5.42. The number of H-pyrrole nitrogens is 1. The average molecular weight is 348 g/mol. The van der Waals surface area contributed by atoms with Crippen LogP contribution in [0.25, 0.3) is 16.2 Å². The maximum absolute atomic E-state index is 12.3. The molecule has 3 heterocycles. The number of nitrogens with zero attached hydrogens (tertiary/aromatic N) is 3. The summed E-state index contributed by atoms with van der Waals surface area (Å²) in [5.41, 5.74) is 4.56. The first kappa shape index (κ1) is 14.6. The van der Waals surface area contributed by atoms with E-state index in [1.807, 2.05) is 29.6 Å². The molecule has 25 heavy (non-hydrogen) atoms. The van der Waals surface area contributed by atoms with Crippen molar-refractivity contribution >= 4 is 17.0 Å². The maximum Gasteiger partial charge on any atom is 0.272 e. The fourth-order valence-electron chi connectivity index (χ4n) is 3.04. The van der Waals surface area contributed by atoms with Crippen molar-refractivity contribution in [3.05, 3.63) is 75.3 Å². The summed E-state index contributed by atoms with van der Waals surface area (Å²) in [5, 5.41) is 6.20. The van der Waals surface area contributed by atoms with Crippen LogP contribution >= 0.6 is 11.3 Å². The smallest absolute Gasteiger partial charge is 0.272 e. The highest BCUT2D eigenvalue weighted by Gasteiger charge is 2.26. The largest absolute Gasteiger partial charge is 0.293 e. The third kappa shape index (κ3) is 2.78. The fraction of sp³-hybridized carbons (Fsp3) is 0.211. The molecule has 0 bridgehead atoms. The second-order valence-corrected chi connectivity index (χ2v) is 7.31. The van der Waals surface area contributed by atoms with Gasteiger partial charge in [0.1, 0.15) is 5.01 Å². The van der Waals surface area contributed by atoms with Crippen LogP contribution in [0.2, 0.25) is 0 Å². The minimum atomic E-state index is -0.0644. The first-order valence-electron chi connectivity index (χ1n) is 8.38. The van der Waals surface area contributed by atoms with E-state index in [1.54, 1.807) is 17.4 Å². The first-order chi connectivity index (χ1) is 12.3. The Morgan fingerprint density at radius 3 is 2.76 bits per heavy atom. The molecular weight excluding hydrogens is 332 g/mol. The predicted octanol–water partition coefficient (Wildman–Crippen LogP) is 3.61. The second kappa shape index (κ2) is 5.67. The standard InChI is InChI=1S/C19H16N4OS/c24-18-9-14(20-17-10-16(12-6-7-12)22-23(17)18)8-15-11-25-19(21-15)13-4-2-1-3-5-13/h1-5,9-12,22H,6-8H2. The van der Waals surface area contributed by atoms with Crippen molar-refractivity contribution in [2.45, 2.75) is 25.2 Å². The Hall–Kier alpha value is -2.73. The molecule has 1 fully saturated rings. The molecule has 0 amide bonds. The lowest BCUT2D eigenvalue weighted by atomic mass is 10.2. The van der Waals surface area contributed by atoms with Gasteiger partial charge >= 0.3 is 0 Å². The van der Waals surface area contributed by atoms with E-state index < -0.39 is 0 Å². The minimum Gasteiger partial charge on any atom is -0.293 e. The number of nitrogens with one attached hydrogen (secondary N) is 1. The molecule has 0 spiro atoms. The van der Waals surface area contributed by atoms with Crippen molar-refractivity contribution in [1.82, 2.24) is 19.6 Å². The first-order valence-corrected chi connectivity index (χ1v) is 9.26. The number of rotatable bonds is 4. The van der Waals surface area contributed by atoms with E-state index in [2.05, 4.69) is 22.2 Å². The Morgan fingerprint density at radius 2 is 1.96 bits per heavy atom. The highest BCUT2D eigenvalue weighted by atomic mass is 32.1. The highest BCUT2D eigenvalue weighted by Crippen LogP contribution is 2.39. The molecule has 1 aliphatic carbocycles. The Bertz CT molecular complexity index is 1110. The molecule has 6 heteroatoms. The Labute approximate surface area is 148 Å². The molecule has 1 N–H and O–H groups in total. The molecule has 0 atom stereocenters. The van der Waals surface area contributed by atoms with Gasteiger partial charge in [0.25, 0.3) is 5.56 Å². The molecule has 0 radical (unpaired) electrons. The molecule has 1 aromatic carbocycles. The van der Waals surface area contributed by atoms with E-state index in [4.69, 9.17) is 4.98 Å². The van der Waals surface area contributed by atoms with Crippen LogP contribution < -0.4 is 5.56 Å². The summed E-state index contributed by atoms with van der Waals surface area (Å²) in [5.74, 6) is 0.566. The van der Waals surface area contributed by atoms with Crippen LogP contribution in [0.5, 0.6) is 0 Å². The van der Waals surface area contributed by atoms with Crippen LogP contribution in [0.15, 0.2) is 52.6 Å². The van der Waals surface area contributed by atoms with Gasteiger partial charge < -0.3 is 0 Å². The van der Waals surface area contributed by atoms with Gasteiger partial charge in [-0.3, -0.25) is 9.89 Å². The van der Waals surface area contributed by atoms with E-state index in [9.17, 15) is 4.79 Å². The number of fused-ring (bicyclic) bond motifs is 1. The lowest BCUT2D eigenvalue weighted by molar-refractivity contribution is 0.842. The minimum absolute atomic E-state index is 0.0644. The third-order valence-electron chi connectivity index (χ3n) is 4.48. The number of hydrogen-bond acceptors (Lipinski definition) is 4. The summed E-state index contributed by atoms with van der Waals surface area (Å²) in [7, 11) is 0. The van der Waals surface area contributed by atoms with Gasteiger partial charge in [0.15, 0.2) is 5.65 Å². The summed E-state index contributed by atoms with van der Waals surface area (Å²) < 4.78 is 1.54. The van der Waals surface area contributed by atoms with Crippen LogP contribution in [0.3, 0.4) is 0 Å². The molecule has 5 nitrogen and oxygen atoms in total. The SMILES string of the molecule is O=c1cc(Cc2csc(-c3ccccc3)n2)nc2cc(C3CC3)[nH]n12.